The van der Waals surface area contributed by atoms with Gasteiger partial charge in [-0.25, -0.2) is 0 Å². The average Bonchev–Trinajstić information content (AvgIpc) is 3.09. The summed E-state index contributed by atoms with van der Waals surface area (Å²) >= 11 is 3.38. The van der Waals surface area contributed by atoms with Crippen LogP contribution in [0.3, 0.4) is 0 Å². The zero-order valence-corrected chi connectivity index (χ0v) is 12.8. The van der Waals surface area contributed by atoms with Gasteiger partial charge in [0.2, 0.25) is 11.8 Å². The van der Waals surface area contributed by atoms with Gasteiger partial charge in [-0.2, -0.15) is 0 Å². The Labute approximate surface area is 126 Å². The van der Waals surface area contributed by atoms with E-state index in [1.165, 1.54) is 0 Å². The molecule has 2 aliphatic rings. The highest BCUT2D eigenvalue weighted by atomic mass is 79.9. The molecule has 2 fully saturated rings. The van der Waals surface area contributed by atoms with Gasteiger partial charge in [0.15, 0.2) is 0 Å². The van der Waals surface area contributed by atoms with E-state index >= 15 is 0 Å². The molecular formula is C15H17BrN2O2. The molecule has 0 spiro atoms. The predicted octanol–water partition coefficient (Wildman–Crippen LogP) is 2.42. The Morgan fingerprint density at radius 2 is 1.75 bits per heavy atom. The first-order chi connectivity index (χ1) is 9.66. The van der Waals surface area contributed by atoms with Gasteiger partial charge < -0.3 is 9.80 Å². The zero-order chi connectivity index (χ0) is 14.1. The number of amides is 2. The quantitative estimate of drug-likeness (QED) is 0.778. The summed E-state index contributed by atoms with van der Waals surface area (Å²) in [5.74, 6) is -0.506. The number of hydrogen-bond acceptors (Lipinski definition) is 2. The van der Waals surface area contributed by atoms with Crippen LogP contribution in [0.4, 0.5) is 5.69 Å². The Kier molecular flexibility index (Phi) is 3.78. The van der Waals surface area contributed by atoms with Gasteiger partial charge in [0.1, 0.15) is 5.92 Å². The van der Waals surface area contributed by atoms with E-state index in [9.17, 15) is 9.59 Å². The second-order valence-corrected chi connectivity index (χ2v) is 6.26. The van der Waals surface area contributed by atoms with Crippen molar-refractivity contribution in [2.75, 3.05) is 24.5 Å². The van der Waals surface area contributed by atoms with E-state index in [4.69, 9.17) is 0 Å². The van der Waals surface area contributed by atoms with Crippen LogP contribution < -0.4 is 4.90 Å². The lowest BCUT2D eigenvalue weighted by Gasteiger charge is -2.20. The van der Waals surface area contributed by atoms with Gasteiger partial charge in [-0.15, -0.1) is 0 Å². The van der Waals surface area contributed by atoms with Gasteiger partial charge in [0.25, 0.3) is 0 Å². The molecular weight excluding hydrogens is 320 g/mol. The highest BCUT2D eigenvalue weighted by Crippen LogP contribution is 2.28. The Morgan fingerprint density at radius 3 is 2.40 bits per heavy atom. The van der Waals surface area contributed by atoms with Crippen molar-refractivity contribution >= 4 is 33.4 Å². The maximum atomic E-state index is 12.5. The number of carbonyl (C=O) groups excluding carboxylic acids is 2. The molecule has 4 nitrogen and oxygen atoms in total. The number of anilines is 1. The van der Waals surface area contributed by atoms with E-state index in [1.54, 1.807) is 4.90 Å². The standard InChI is InChI=1S/C15H17BrN2O2/c16-11-3-5-12(6-4-11)18-10-7-13(15(18)20)14(19)17-8-1-2-9-17/h3-6,13H,1-2,7-10H2. The predicted molar refractivity (Wildman–Crippen MR) is 80.4 cm³/mol. The van der Waals surface area contributed by atoms with Crippen LogP contribution in [0.1, 0.15) is 19.3 Å². The largest absolute Gasteiger partial charge is 0.342 e. The van der Waals surface area contributed by atoms with Gasteiger partial charge in [-0.05, 0) is 43.5 Å². The van der Waals surface area contributed by atoms with Crippen molar-refractivity contribution in [2.24, 2.45) is 5.92 Å². The number of halogens is 1. The number of rotatable bonds is 2. The molecule has 2 saturated heterocycles. The van der Waals surface area contributed by atoms with Crippen LogP contribution in [0.5, 0.6) is 0 Å². The summed E-state index contributed by atoms with van der Waals surface area (Å²) < 4.78 is 0.984. The van der Waals surface area contributed by atoms with Crippen LogP contribution in [0, 0.1) is 5.92 Å². The minimum Gasteiger partial charge on any atom is -0.342 e. The third-order valence-corrected chi connectivity index (χ3v) is 4.59. The van der Waals surface area contributed by atoms with E-state index < -0.39 is 5.92 Å². The average molecular weight is 337 g/mol. The van der Waals surface area contributed by atoms with E-state index in [-0.39, 0.29) is 11.8 Å². The third kappa shape index (κ3) is 2.46. The Hall–Kier alpha value is -1.36. The molecule has 0 aromatic heterocycles. The number of carbonyl (C=O) groups is 2. The van der Waals surface area contributed by atoms with Crippen LogP contribution in [-0.4, -0.2) is 36.3 Å². The summed E-state index contributed by atoms with van der Waals surface area (Å²) in [6.07, 6.45) is 2.75. The summed E-state index contributed by atoms with van der Waals surface area (Å²) in [5, 5.41) is 0. The molecule has 0 aliphatic carbocycles. The van der Waals surface area contributed by atoms with Crippen molar-refractivity contribution in [3.05, 3.63) is 28.7 Å². The number of benzene rings is 1. The first kappa shape index (κ1) is 13.6. The number of likely N-dealkylation sites (tertiary alicyclic amines) is 1. The monoisotopic (exact) mass is 336 g/mol. The smallest absolute Gasteiger partial charge is 0.239 e. The lowest BCUT2D eigenvalue weighted by atomic mass is 10.1. The Morgan fingerprint density at radius 1 is 1.10 bits per heavy atom. The Bertz CT molecular complexity index is 523. The molecule has 20 heavy (non-hydrogen) atoms. The van der Waals surface area contributed by atoms with Crippen LogP contribution in [0.25, 0.3) is 0 Å². The summed E-state index contributed by atoms with van der Waals surface area (Å²) in [7, 11) is 0. The molecule has 0 bridgehead atoms. The fourth-order valence-electron chi connectivity index (χ4n) is 2.94. The summed E-state index contributed by atoms with van der Waals surface area (Å²) in [6, 6.07) is 7.64. The second-order valence-electron chi connectivity index (χ2n) is 5.34. The molecule has 2 amide bonds. The molecule has 106 valence electrons. The van der Waals surface area contributed by atoms with Crippen LogP contribution >= 0.6 is 15.9 Å². The second kappa shape index (κ2) is 5.56. The molecule has 0 radical (unpaired) electrons. The maximum Gasteiger partial charge on any atom is 0.239 e. The highest BCUT2D eigenvalue weighted by molar-refractivity contribution is 9.10. The SMILES string of the molecule is O=C(C1CCN(c2ccc(Br)cc2)C1=O)N1CCCC1. The fraction of sp³-hybridized carbons (Fsp3) is 0.467. The first-order valence-corrected chi connectivity index (χ1v) is 7.82. The van der Waals surface area contributed by atoms with Gasteiger partial charge in [0.05, 0.1) is 0 Å². The molecule has 1 unspecified atom stereocenters. The normalized spacial score (nSPS) is 22.6. The lowest BCUT2D eigenvalue weighted by molar-refractivity contribution is -0.139. The van der Waals surface area contributed by atoms with Gasteiger partial charge in [-0.3, -0.25) is 9.59 Å². The summed E-state index contributed by atoms with van der Waals surface area (Å²) in [4.78, 5) is 28.4. The van der Waals surface area contributed by atoms with Gasteiger partial charge in [0, 0.05) is 29.8 Å². The van der Waals surface area contributed by atoms with E-state index in [1.807, 2.05) is 29.2 Å². The number of hydrogen-bond donors (Lipinski definition) is 0. The number of nitrogens with zero attached hydrogens (tertiary/aromatic N) is 2. The van der Waals surface area contributed by atoms with E-state index in [0.29, 0.717) is 13.0 Å². The minimum atomic E-state index is -0.475. The first-order valence-electron chi connectivity index (χ1n) is 7.02. The van der Waals surface area contributed by atoms with Crippen molar-refractivity contribution in [3.63, 3.8) is 0 Å². The third-order valence-electron chi connectivity index (χ3n) is 4.06. The van der Waals surface area contributed by atoms with Crippen molar-refractivity contribution in [3.8, 4) is 0 Å². The molecule has 2 aliphatic heterocycles. The van der Waals surface area contributed by atoms with E-state index in [0.717, 1.165) is 36.1 Å². The molecule has 0 saturated carbocycles. The van der Waals surface area contributed by atoms with Crippen molar-refractivity contribution in [2.45, 2.75) is 19.3 Å². The van der Waals surface area contributed by atoms with Gasteiger partial charge in [-0.1, -0.05) is 15.9 Å². The molecule has 2 heterocycles. The van der Waals surface area contributed by atoms with Gasteiger partial charge >= 0.3 is 0 Å². The highest BCUT2D eigenvalue weighted by Gasteiger charge is 2.40. The summed E-state index contributed by atoms with van der Waals surface area (Å²) in [5.41, 5.74) is 0.870. The fourth-order valence-corrected chi connectivity index (χ4v) is 3.21. The maximum absolute atomic E-state index is 12.5. The molecule has 0 N–H and O–H groups in total. The van der Waals surface area contributed by atoms with Crippen LogP contribution in [-0.2, 0) is 9.59 Å². The van der Waals surface area contributed by atoms with Crippen molar-refractivity contribution in [1.29, 1.82) is 0 Å². The molecule has 5 heteroatoms. The minimum absolute atomic E-state index is 0.0205. The van der Waals surface area contributed by atoms with Crippen LogP contribution in [0.15, 0.2) is 28.7 Å². The van der Waals surface area contributed by atoms with Crippen molar-refractivity contribution in [1.82, 2.24) is 4.90 Å². The van der Waals surface area contributed by atoms with Crippen LogP contribution in [0.2, 0.25) is 0 Å². The topological polar surface area (TPSA) is 40.6 Å². The van der Waals surface area contributed by atoms with E-state index in [2.05, 4.69) is 15.9 Å². The summed E-state index contributed by atoms with van der Waals surface area (Å²) in [6.45, 7) is 2.24. The molecule has 1 aromatic rings. The lowest BCUT2D eigenvalue weighted by Crippen LogP contribution is -2.38. The zero-order valence-electron chi connectivity index (χ0n) is 11.2. The molecule has 1 aromatic carbocycles. The van der Waals surface area contributed by atoms with Crippen molar-refractivity contribution < 1.29 is 9.59 Å². The Balaban J connectivity index is 1.73. The molecule has 1 atom stereocenters. The molecule has 3 rings (SSSR count).